The van der Waals surface area contributed by atoms with Crippen molar-refractivity contribution in [2.45, 2.75) is 25.9 Å². The van der Waals surface area contributed by atoms with Crippen molar-refractivity contribution in [3.05, 3.63) is 33.3 Å². The van der Waals surface area contributed by atoms with Gasteiger partial charge in [-0.25, -0.2) is 0 Å². The molecule has 2 atom stereocenters. The molecular formula is C11H13BrClN. The minimum atomic E-state index is 0.720. The van der Waals surface area contributed by atoms with E-state index in [-0.39, 0.29) is 0 Å². The summed E-state index contributed by atoms with van der Waals surface area (Å²) in [6.07, 6.45) is 1.31. The fourth-order valence-corrected chi connectivity index (χ4v) is 2.34. The molecule has 0 unspecified atom stereocenters. The maximum absolute atomic E-state index is 5.86. The fraction of sp³-hybridized carbons (Fsp3) is 0.455. The Morgan fingerprint density at radius 1 is 1.57 bits per heavy atom. The summed E-state index contributed by atoms with van der Waals surface area (Å²) in [5.74, 6) is 0.848. The molecule has 1 N–H and O–H groups in total. The van der Waals surface area contributed by atoms with E-state index in [4.69, 9.17) is 11.6 Å². The molecule has 0 amide bonds. The van der Waals surface area contributed by atoms with E-state index in [0.29, 0.717) is 0 Å². The van der Waals surface area contributed by atoms with Crippen molar-refractivity contribution in [3.8, 4) is 0 Å². The Morgan fingerprint density at radius 3 is 2.86 bits per heavy atom. The standard InChI is InChI=1S/C11H13BrClN/c1-7-4-11(7)14-6-8-2-3-9(13)5-10(8)12/h2-3,5,7,11,14H,4,6H2,1H3/t7-,11-/m1/s1. The molecule has 0 radical (unpaired) electrons. The third-order valence-electron chi connectivity index (χ3n) is 2.68. The first-order chi connectivity index (χ1) is 6.66. The quantitative estimate of drug-likeness (QED) is 0.888. The van der Waals surface area contributed by atoms with Gasteiger partial charge in [-0.3, -0.25) is 0 Å². The van der Waals surface area contributed by atoms with E-state index in [2.05, 4.69) is 34.2 Å². The van der Waals surface area contributed by atoms with Gasteiger partial charge in [0.05, 0.1) is 0 Å². The molecule has 3 heteroatoms. The van der Waals surface area contributed by atoms with Crippen molar-refractivity contribution in [1.29, 1.82) is 0 Å². The molecule has 1 aromatic carbocycles. The van der Waals surface area contributed by atoms with E-state index in [1.807, 2.05) is 12.1 Å². The highest BCUT2D eigenvalue weighted by Crippen LogP contribution is 2.30. The SMILES string of the molecule is C[C@@H]1C[C@H]1NCc1ccc(Cl)cc1Br. The molecule has 1 aliphatic carbocycles. The lowest BCUT2D eigenvalue weighted by Crippen LogP contribution is -2.17. The average Bonchev–Trinajstić information content (AvgIpc) is 2.80. The largest absolute Gasteiger partial charge is 0.310 e. The van der Waals surface area contributed by atoms with Crippen LogP contribution in [0.25, 0.3) is 0 Å². The lowest BCUT2D eigenvalue weighted by atomic mass is 10.2. The first-order valence-corrected chi connectivity index (χ1v) is 6.01. The second kappa shape index (κ2) is 4.21. The van der Waals surface area contributed by atoms with Crippen LogP contribution in [0.1, 0.15) is 18.9 Å². The second-order valence-corrected chi connectivity index (χ2v) is 5.23. The third kappa shape index (κ3) is 2.50. The van der Waals surface area contributed by atoms with Crippen molar-refractivity contribution in [2.24, 2.45) is 5.92 Å². The molecule has 14 heavy (non-hydrogen) atoms. The summed E-state index contributed by atoms with van der Waals surface area (Å²) < 4.78 is 1.09. The highest BCUT2D eigenvalue weighted by Gasteiger charge is 2.31. The summed E-state index contributed by atoms with van der Waals surface area (Å²) in [6.45, 7) is 3.20. The predicted molar refractivity (Wildman–Crippen MR) is 63.6 cm³/mol. The van der Waals surface area contributed by atoms with Crippen molar-refractivity contribution >= 4 is 27.5 Å². The molecule has 1 nitrogen and oxygen atoms in total. The Kier molecular flexibility index (Phi) is 3.15. The van der Waals surface area contributed by atoms with Gasteiger partial charge in [0.1, 0.15) is 0 Å². The summed E-state index contributed by atoms with van der Waals surface area (Å²) in [7, 11) is 0. The van der Waals surface area contributed by atoms with Gasteiger partial charge < -0.3 is 5.32 Å². The Labute approximate surface area is 98.0 Å². The van der Waals surface area contributed by atoms with Gasteiger partial charge in [-0.2, -0.15) is 0 Å². The van der Waals surface area contributed by atoms with Gasteiger partial charge in [-0.05, 0) is 30.0 Å². The van der Waals surface area contributed by atoms with Gasteiger partial charge >= 0.3 is 0 Å². The van der Waals surface area contributed by atoms with Gasteiger partial charge in [0, 0.05) is 22.1 Å². The molecule has 1 aliphatic rings. The summed E-state index contributed by atoms with van der Waals surface area (Å²) in [5.41, 5.74) is 1.27. The van der Waals surface area contributed by atoms with E-state index >= 15 is 0 Å². The zero-order chi connectivity index (χ0) is 10.1. The highest BCUT2D eigenvalue weighted by atomic mass is 79.9. The fourth-order valence-electron chi connectivity index (χ4n) is 1.51. The molecule has 76 valence electrons. The van der Waals surface area contributed by atoms with E-state index in [1.54, 1.807) is 0 Å². The average molecular weight is 275 g/mol. The number of hydrogen-bond acceptors (Lipinski definition) is 1. The molecule has 0 spiro atoms. The highest BCUT2D eigenvalue weighted by molar-refractivity contribution is 9.10. The molecule has 1 saturated carbocycles. The van der Waals surface area contributed by atoms with E-state index in [9.17, 15) is 0 Å². The summed E-state index contributed by atoms with van der Waals surface area (Å²) in [4.78, 5) is 0. The van der Waals surface area contributed by atoms with Crippen LogP contribution in [0, 0.1) is 5.92 Å². The first-order valence-electron chi connectivity index (χ1n) is 4.84. The van der Waals surface area contributed by atoms with E-state index < -0.39 is 0 Å². The van der Waals surface area contributed by atoms with Crippen LogP contribution >= 0.6 is 27.5 Å². The topological polar surface area (TPSA) is 12.0 Å². The normalized spacial score (nSPS) is 25.1. The molecule has 0 heterocycles. The number of benzene rings is 1. The lowest BCUT2D eigenvalue weighted by Gasteiger charge is -2.06. The molecule has 1 fully saturated rings. The van der Waals surface area contributed by atoms with Crippen LogP contribution in [-0.2, 0) is 6.54 Å². The minimum absolute atomic E-state index is 0.720. The maximum atomic E-state index is 5.86. The molecule has 0 saturated heterocycles. The van der Waals surface area contributed by atoms with Gasteiger partial charge in [0.2, 0.25) is 0 Å². The van der Waals surface area contributed by atoms with Gasteiger partial charge in [-0.1, -0.05) is 40.5 Å². The molecule has 1 aromatic rings. The van der Waals surface area contributed by atoms with Crippen LogP contribution in [0.3, 0.4) is 0 Å². The second-order valence-electron chi connectivity index (χ2n) is 3.94. The third-order valence-corrected chi connectivity index (χ3v) is 3.65. The van der Waals surface area contributed by atoms with Crippen LogP contribution in [0.5, 0.6) is 0 Å². The monoisotopic (exact) mass is 273 g/mol. The van der Waals surface area contributed by atoms with Crippen LogP contribution in [0.15, 0.2) is 22.7 Å². The van der Waals surface area contributed by atoms with Crippen molar-refractivity contribution in [1.82, 2.24) is 5.32 Å². The summed E-state index contributed by atoms with van der Waals surface area (Å²) >= 11 is 9.37. The zero-order valence-corrected chi connectivity index (χ0v) is 10.4. The molecule has 0 aliphatic heterocycles. The molecular weight excluding hydrogens is 261 g/mol. The summed E-state index contributed by atoms with van der Waals surface area (Å²) in [6, 6.07) is 6.65. The Morgan fingerprint density at radius 2 is 2.29 bits per heavy atom. The Hall–Kier alpha value is -0.0500. The van der Waals surface area contributed by atoms with E-state index in [0.717, 1.165) is 28.0 Å². The molecule has 0 bridgehead atoms. The van der Waals surface area contributed by atoms with Crippen LogP contribution in [0.2, 0.25) is 5.02 Å². The number of hydrogen-bond donors (Lipinski definition) is 1. The minimum Gasteiger partial charge on any atom is -0.310 e. The molecule has 0 aromatic heterocycles. The first kappa shape index (κ1) is 10.5. The van der Waals surface area contributed by atoms with E-state index in [1.165, 1.54) is 12.0 Å². The Bertz CT molecular complexity index is 340. The number of rotatable bonds is 3. The molecule has 2 rings (SSSR count). The van der Waals surface area contributed by atoms with Crippen LogP contribution < -0.4 is 5.32 Å². The van der Waals surface area contributed by atoms with Gasteiger partial charge in [0.15, 0.2) is 0 Å². The smallest absolute Gasteiger partial charge is 0.0417 e. The van der Waals surface area contributed by atoms with Crippen LogP contribution in [-0.4, -0.2) is 6.04 Å². The Balaban J connectivity index is 1.95. The maximum Gasteiger partial charge on any atom is 0.0417 e. The number of nitrogens with one attached hydrogen (secondary N) is 1. The zero-order valence-electron chi connectivity index (χ0n) is 8.06. The number of halogens is 2. The van der Waals surface area contributed by atoms with Gasteiger partial charge in [0.25, 0.3) is 0 Å². The lowest BCUT2D eigenvalue weighted by molar-refractivity contribution is 0.651. The van der Waals surface area contributed by atoms with Crippen molar-refractivity contribution in [2.75, 3.05) is 0 Å². The van der Waals surface area contributed by atoms with Crippen molar-refractivity contribution < 1.29 is 0 Å². The van der Waals surface area contributed by atoms with Crippen molar-refractivity contribution in [3.63, 3.8) is 0 Å². The summed E-state index contributed by atoms with van der Waals surface area (Å²) in [5, 5.41) is 4.29. The van der Waals surface area contributed by atoms with Gasteiger partial charge in [-0.15, -0.1) is 0 Å². The predicted octanol–water partition coefficient (Wildman–Crippen LogP) is 3.60. The van der Waals surface area contributed by atoms with Crippen LogP contribution in [0.4, 0.5) is 0 Å².